The number of rotatable bonds is 4. The molecule has 0 aromatic heterocycles. The van der Waals surface area contributed by atoms with E-state index in [1.807, 2.05) is 12.1 Å². The largest absolute Gasteiger partial charge is 0.496 e. The number of anilines is 1. The van der Waals surface area contributed by atoms with Crippen LogP contribution in [-0.2, 0) is 21.2 Å². The minimum atomic E-state index is -4.10. The second-order valence-electron chi connectivity index (χ2n) is 6.23. The molecule has 1 unspecified atom stereocenters. The van der Waals surface area contributed by atoms with Gasteiger partial charge in [-0.15, -0.1) is 0 Å². The Morgan fingerprint density at radius 3 is 2.77 bits per heavy atom. The highest BCUT2D eigenvalue weighted by Gasteiger charge is 2.33. The van der Waals surface area contributed by atoms with Crippen molar-refractivity contribution in [1.29, 1.82) is 0 Å². The molecule has 3 N–H and O–H groups in total. The fraction of sp³-hybridized carbons (Fsp3) is 0.278. The number of nitrogens with two attached hydrogens (primary N) is 1. The molecule has 26 heavy (non-hydrogen) atoms. The average Bonchev–Trinajstić information content (AvgIpc) is 3.01. The molecular weight excluding hydrogens is 376 g/mol. The number of ether oxygens (including phenoxy) is 1. The highest BCUT2D eigenvalue weighted by Crippen LogP contribution is 2.38. The summed E-state index contributed by atoms with van der Waals surface area (Å²) in [6, 6.07) is 8.16. The number of aryl methyl sites for hydroxylation is 1. The topological polar surface area (TPSA) is 98.5 Å². The fourth-order valence-corrected chi connectivity index (χ4v) is 4.86. The molecule has 1 amide bonds. The van der Waals surface area contributed by atoms with Crippen LogP contribution < -0.4 is 15.2 Å². The Morgan fingerprint density at radius 2 is 2.08 bits per heavy atom. The van der Waals surface area contributed by atoms with Gasteiger partial charge < -0.3 is 10.5 Å². The van der Waals surface area contributed by atoms with Gasteiger partial charge in [0.1, 0.15) is 10.6 Å². The number of fused-ring (bicyclic) bond motifs is 1. The van der Waals surface area contributed by atoms with E-state index in [1.54, 1.807) is 20.1 Å². The van der Waals surface area contributed by atoms with Crippen LogP contribution in [0.2, 0.25) is 5.02 Å². The lowest BCUT2D eigenvalue weighted by atomic mass is 10.0. The van der Waals surface area contributed by atoms with Gasteiger partial charge in [-0.05, 0) is 54.7 Å². The summed E-state index contributed by atoms with van der Waals surface area (Å²) < 4.78 is 32.7. The van der Waals surface area contributed by atoms with Crippen LogP contribution in [0.1, 0.15) is 29.0 Å². The average molecular weight is 395 g/mol. The SMILES string of the molecule is COc1cccc2c1CCC2C(=O)NS(=O)(=O)c1cc(C)c(N)cc1Cl. The molecule has 6 nitrogen and oxygen atoms in total. The van der Waals surface area contributed by atoms with E-state index in [0.717, 1.165) is 11.1 Å². The summed E-state index contributed by atoms with van der Waals surface area (Å²) >= 11 is 6.02. The van der Waals surface area contributed by atoms with Crippen molar-refractivity contribution in [2.45, 2.75) is 30.6 Å². The highest BCUT2D eigenvalue weighted by molar-refractivity contribution is 7.90. The van der Waals surface area contributed by atoms with Crippen molar-refractivity contribution in [1.82, 2.24) is 4.72 Å². The van der Waals surface area contributed by atoms with Gasteiger partial charge in [0, 0.05) is 5.69 Å². The van der Waals surface area contributed by atoms with Gasteiger partial charge in [-0.25, -0.2) is 13.1 Å². The Balaban J connectivity index is 1.89. The van der Waals surface area contributed by atoms with Crippen molar-refractivity contribution in [3.05, 3.63) is 52.0 Å². The van der Waals surface area contributed by atoms with E-state index >= 15 is 0 Å². The van der Waals surface area contributed by atoms with Gasteiger partial charge in [-0.3, -0.25) is 4.79 Å². The Hall–Kier alpha value is -2.25. The van der Waals surface area contributed by atoms with Crippen molar-refractivity contribution < 1.29 is 17.9 Å². The first-order valence-corrected chi connectivity index (χ1v) is 9.88. The van der Waals surface area contributed by atoms with Crippen molar-refractivity contribution in [2.75, 3.05) is 12.8 Å². The lowest BCUT2D eigenvalue weighted by Gasteiger charge is -2.15. The Labute approximate surface area is 157 Å². The Kier molecular flexibility index (Phi) is 4.86. The molecule has 2 aromatic rings. The maximum absolute atomic E-state index is 12.7. The molecule has 3 rings (SSSR count). The van der Waals surface area contributed by atoms with Gasteiger partial charge in [0.2, 0.25) is 5.91 Å². The van der Waals surface area contributed by atoms with Crippen molar-refractivity contribution >= 4 is 33.2 Å². The number of nitrogens with one attached hydrogen (secondary N) is 1. The van der Waals surface area contributed by atoms with Crippen LogP contribution in [0.15, 0.2) is 35.2 Å². The summed E-state index contributed by atoms with van der Waals surface area (Å²) in [5.74, 6) is -0.427. The molecule has 138 valence electrons. The zero-order chi connectivity index (χ0) is 19.1. The maximum atomic E-state index is 12.7. The zero-order valence-electron chi connectivity index (χ0n) is 14.4. The molecule has 0 aliphatic heterocycles. The number of halogens is 1. The highest BCUT2D eigenvalue weighted by atomic mass is 35.5. The smallest absolute Gasteiger partial charge is 0.265 e. The third-order valence-electron chi connectivity index (χ3n) is 4.61. The first-order chi connectivity index (χ1) is 12.2. The minimum Gasteiger partial charge on any atom is -0.496 e. The molecule has 0 heterocycles. The molecule has 0 fully saturated rings. The third-order valence-corrected chi connectivity index (χ3v) is 6.42. The number of benzene rings is 2. The zero-order valence-corrected chi connectivity index (χ0v) is 15.9. The van der Waals surface area contributed by atoms with Gasteiger partial charge in [0.15, 0.2) is 0 Å². The van der Waals surface area contributed by atoms with E-state index < -0.39 is 21.8 Å². The Morgan fingerprint density at radius 1 is 1.35 bits per heavy atom. The number of hydrogen-bond acceptors (Lipinski definition) is 5. The van der Waals surface area contributed by atoms with Crippen molar-refractivity contribution in [2.24, 2.45) is 0 Å². The quantitative estimate of drug-likeness (QED) is 0.777. The lowest BCUT2D eigenvalue weighted by molar-refractivity contribution is -0.120. The van der Waals surface area contributed by atoms with Gasteiger partial charge in [-0.1, -0.05) is 23.7 Å². The number of carbonyl (C=O) groups excluding carboxylic acids is 1. The van der Waals surface area contributed by atoms with Gasteiger partial charge in [0.25, 0.3) is 10.0 Å². The summed E-state index contributed by atoms with van der Waals surface area (Å²) in [7, 11) is -2.54. The predicted molar refractivity (Wildman–Crippen MR) is 100.0 cm³/mol. The van der Waals surface area contributed by atoms with Crippen LogP contribution >= 0.6 is 11.6 Å². The molecule has 0 spiro atoms. The molecule has 1 atom stereocenters. The molecule has 1 aliphatic rings. The predicted octanol–water partition coefficient (Wildman–Crippen LogP) is 2.77. The maximum Gasteiger partial charge on any atom is 0.265 e. The monoisotopic (exact) mass is 394 g/mol. The van der Waals surface area contributed by atoms with Gasteiger partial charge >= 0.3 is 0 Å². The van der Waals surface area contributed by atoms with Crippen LogP contribution in [0.3, 0.4) is 0 Å². The number of carbonyl (C=O) groups is 1. The molecule has 8 heteroatoms. The van der Waals surface area contributed by atoms with E-state index in [4.69, 9.17) is 22.1 Å². The summed E-state index contributed by atoms with van der Waals surface area (Å²) in [5.41, 5.74) is 8.42. The van der Waals surface area contributed by atoms with Crippen molar-refractivity contribution in [3.63, 3.8) is 0 Å². The summed E-state index contributed by atoms with van der Waals surface area (Å²) in [4.78, 5) is 12.5. The molecule has 0 saturated heterocycles. The standard InChI is InChI=1S/C18H19ClN2O4S/c1-10-8-17(14(19)9-15(10)20)26(23,24)21-18(22)13-7-6-12-11(13)4-3-5-16(12)25-2/h3-5,8-9,13H,6-7,20H2,1-2H3,(H,21,22). The Bertz CT molecular complexity index is 989. The molecule has 1 aliphatic carbocycles. The number of sulfonamides is 1. The normalized spacial score (nSPS) is 16.2. The molecule has 0 saturated carbocycles. The molecule has 0 bridgehead atoms. The van der Waals surface area contributed by atoms with Crippen LogP contribution in [0.4, 0.5) is 5.69 Å². The van der Waals surface area contributed by atoms with Gasteiger partial charge in [-0.2, -0.15) is 0 Å². The first kappa shape index (κ1) is 18.5. The molecule has 0 radical (unpaired) electrons. The fourth-order valence-electron chi connectivity index (χ4n) is 3.22. The number of methoxy groups -OCH3 is 1. The van der Waals surface area contributed by atoms with Crippen LogP contribution in [0.5, 0.6) is 5.75 Å². The second kappa shape index (κ2) is 6.81. The van der Waals surface area contributed by atoms with Crippen LogP contribution in [0.25, 0.3) is 0 Å². The number of nitrogen functional groups attached to an aromatic ring is 1. The number of hydrogen-bond donors (Lipinski definition) is 2. The third kappa shape index (κ3) is 3.24. The molecular formula is C18H19ClN2O4S. The van der Waals surface area contributed by atoms with E-state index in [2.05, 4.69) is 4.72 Å². The first-order valence-electron chi connectivity index (χ1n) is 8.02. The van der Waals surface area contributed by atoms with E-state index in [1.165, 1.54) is 12.1 Å². The van der Waals surface area contributed by atoms with Crippen LogP contribution in [-0.4, -0.2) is 21.4 Å². The number of amides is 1. The summed E-state index contributed by atoms with van der Waals surface area (Å²) in [5, 5.41) is -0.0260. The minimum absolute atomic E-state index is 0.0260. The van der Waals surface area contributed by atoms with E-state index in [0.29, 0.717) is 29.8 Å². The van der Waals surface area contributed by atoms with E-state index in [9.17, 15) is 13.2 Å². The molecule has 2 aromatic carbocycles. The van der Waals surface area contributed by atoms with E-state index in [-0.39, 0.29) is 9.92 Å². The van der Waals surface area contributed by atoms with Gasteiger partial charge in [0.05, 0.1) is 18.1 Å². The van der Waals surface area contributed by atoms with Crippen LogP contribution in [0, 0.1) is 6.92 Å². The second-order valence-corrected chi connectivity index (χ2v) is 8.29. The van der Waals surface area contributed by atoms with Crippen molar-refractivity contribution in [3.8, 4) is 5.75 Å². The summed E-state index contributed by atoms with van der Waals surface area (Å²) in [6.45, 7) is 1.67. The summed E-state index contributed by atoms with van der Waals surface area (Å²) in [6.07, 6.45) is 1.17. The lowest BCUT2D eigenvalue weighted by Crippen LogP contribution is -2.34.